The van der Waals surface area contributed by atoms with E-state index in [0.29, 0.717) is 18.6 Å². The van der Waals surface area contributed by atoms with E-state index < -0.39 is 17.8 Å². The minimum Gasteiger partial charge on any atom is -0.317 e. The number of hydrogen-bond donors (Lipinski definition) is 1. The molecule has 1 fully saturated rings. The third kappa shape index (κ3) is 7.13. The van der Waals surface area contributed by atoms with Gasteiger partial charge < -0.3 is 10.2 Å². The fourth-order valence-corrected chi connectivity index (χ4v) is 5.16. The third-order valence-electron chi connectivity index (χ3n) is 7.20. The van der Waals surface area contributed by atoms with Crippen LogP contribution in [0.5, 0.6) is 0 Å². The van der Waals surface area contributed by atoms with Crippen LogP contribution < -0.4 is 5.32 Å². The summed E-state index contributed by atoms with van der Waals surface area (Å²) in [7, 11) is 0. The van der Waals surface area contributed by atoms with Gasteiger partial charge in [0.15, 0.2) is 0 Å². The molecule has 3 unspecified atom stereocenters. The van der Waals surface area contributed by atoms with Crippen molar-refractivity contribution in [1.82, 2.24) is 9.80 Å². The first-order valence-electron chi connectivity index (χ1n) is 12.8. The lowest BCUT2D eigenvalue weighted by molar-refractivity contribution is -0.137. The Bertz CT molecular complexity index is 1150. The Morgan fingerprint density at radius 3 is 2.27 bits per heavy atom. The molecular weight excluding hydrogens is 475 g/mol. The summed E-state index contributed by atoms with van der Waals surface area (Å²) in [6.07, 6.45) is -1.55. The molecule has 1 aliphatic rings. The van der Waals surface area contributed by atoms with Gasteiger partial charge in [0.1, 0.15) is 0 Å². The Hall–Kier alpha value is -3.32. The Balaban J connectivity index is 1.51. The summed E-state index contributed by atoms with van der Waals surface area (Å²) in [5.74, 6) is 0. The van der Waals surface area contributed by atoms with Crippen LogP contribution >= 0.6 is 0 Å². The van der Waals surface area contributed by atoms with E-state index in [0.717, 1.165) is 43.5 Å². The molecule has 3 aromatic carbocycles. The molecule has 2 amide bonds. The number of urea groups is 1. The van der Waals surface area contributed by atoms with Gasteiger partial charge in [-0.2, -0.15) is 13.2 Å². The van der Waals surface area contributed by atoms with Gasteiger partial charge in [0, 0.05) is 36.9 Å². The van der Waals surface area contributed by atoms with Crippen LogP contribution in [0.1, 0.15) is 49.8 Å². The molecule has 1 saturated heterocycles. The predicted molar refractivity (Wildman–Crippen MR) is 141 cm³/mol. The number of nitrogens with one attached hydrogen (secondary N) is 1. The average molecular weight is 510 g/mol. The lowest BCUT2D eigenvalue weighted by atomic mass is 10.0. The summed E-state index contributed by atoms with van der Waals surface area (Å²) in [5.41, 5.74) is 1.57. The zero-order valence-electron chi connectivity index (χ0n) is 21.3. The number of hydrogen-bond acceptors (Lipinski definition) is 2. The SMILES string of the molecule is CC(CC1CCC(C)N1Cc1ccccc1)N(Cc1ccccc1)C(=O)Nc1cccc(C(F)(F)F)c1. The van der Waals surface area contributed by atoms with E-state index in [2.05, 4.69) is 29.3 Å². The zero-order valence-corrected chi connectivity index (χ0v) is 21.3. The highest BCUT2D eigenvalue weighted by molar-refractivity contribution is 5.89. The normalized spacial score (nSPS) is 18.9. The van der Waals surface area contributed by atoms with Crippen molar-refractivity contribution in [2.75, 3.05) is 5.32 Å². The molecule has 196 valence electrons. The largest absolute Gasteiger partial charge is 0.416 e. The second-order valence-electron chi connectivity index (χ2n) is 9.95. The summed E-state index contributed by atoms with van der Waals surface area (Å²) in [6, 6.07) is 25.0. The third-order valence-corrected chi connectivity index (χ3v) is 7.20. The standard InChI is InChI=1S/C30H34F3N3O/c1-22-16-17-28(35(22)20-24-10-5-3-6-11-24)18-23(2)36(21-25-12-7-4-8-13-25)29(37)34-27-15-9-14-26(19-27)30(31,32)33/h3-15,19,22-23,28H,16-18,20-21H2,1-2H3,(H,34,37). The van der Waals surface area contributed by atoms with Crippen LogP contribution in [0.3, 0.4) is 0 Å². The maximum absolute atomic E-state index is 13.5. The van der Waals surface area contributed by atoms with Gasteiger partial charge in [0.05, 0.1) is 5.56 Å². The van der Waals surface area contributed by atoms with Gasteiger partial charge in [-0.1, -0.05) is 66.7 Å². The van der Waals surface area contributed by atoms with Crippen LogP contribution in [0, 0.1) is 0 Å². The molecule has 3 aromatic rings. The van der Waals surface area contributed by atoms with Crippen molar-refractivity contribution in [3.63, 3.8) is 0 Å². The van der Waals surface area contributed by atoms with Gasteiger partial charge in [-0.05, 0) is 62.4 Å². The second-order valence-corrected chi connectivity index (χ2v) is 9.95. The number of benzene rings is 3. The number of anilines is 1. The quantitative estimate of drug-likeness (QED) is 0.340. The first kappa shape index (κ1) is 26.7. The van der Waals surface area contributed by atoms with Crippen LogP contribution in [-0.4, -0.2) is 34.0 Å². The molecule has 3 atom stereocenters. The first-order chi connectivity index (χ1) is 17.7. The average Bonchev–Trinajstić information content (AvgIpc) is 3.21. The summed E-state index contributed by atoms with van der Waals surface area (Å²) in [4.78, 5) is 17.7. The van der Waals surface area contributed by atoms with E-state index in [9.17, 15) is 18.0 Å². The van der Waals surface area contributed by atoms with Crippen LogP contribution in [0.4, 0.5) is 23.7 Å². The summed E-state index contributed by atoms with van der Waals surface area (Å²) < 4.78 is 39.6. The lowest BCUT2D eigenvalue weighted by Gasteiger charge is -2.35. The van der Waals surface area contributed by atoms with Crippen LogP contribution in [0.2, 0.25) is 0 Å². The fourth-order valence-electron chi connectivity index (χ4n) is 5.16. The molecule has 1 N–H and O–H groups in total. The maximum Gasteiger partial charge on any atom is 0.416 e. The van der Waals surface area contributed by atoms with Crippen molar-refractivity contribution >= 4 is 11.7 Å². The van der Waals surface area contributed by atoms with Gasteiger partial charge >= 0.3 is 12.2 Å². The van der Waals surface area contributed by atoms with Gasteiger partial charge in [0.25, 0.3) is 0 Å². The van der Waals surface area contributed by atoms with E-state index >= 15 is 0 Å². The Morgan fingerprint density at radius 1 is 0.973 bits per heavy atom. The molecule has 37 heavy (non-hydrogen) atoms. The number of halogens is 3. The minimum absolute atomic E-state index is 0.125. The van der Waals surface area contributed by atoms with Gasteiger partial charge in [-0.3, -0.25) is 4.90 Å². The summed E-state index contributed by atoms with van der Waals surface area (Å²) in [5, 5.41) is 2.71. The van der Waals surface area contributed by atoms with Gasteiger partial charge in [-0.25, -0.2) is 4.79 Å². The topological polar surface area (TPSA) is 35.6 Å². The zero-order chi connectivity index (χ0) is 26.4. The number of amides is 2. The highest BCUT2D eigenvalue weighted by atomic mass is 19.4. The molecule has 0 aliphatic carbocycles. The summed E-state index contributed by atoms with van der Waals surface area (Å²) in [6.45, 7) is 5.50. The Labute approximate surface area is 217 Å². The molecule has 0 radical (unpaired) electrons. The van der Waals surface area contributed by atoms with Crippen molar-refractivity contribution in [3.8, 4) is 0 Å². The monoisotopic (exact) mass is 509 g/mol. The van der Waals surface area contributed by atoms with Crippen molar-refractivity contribution in [3.05, 3.63) is 102 Å². The van der Waals surface area contributed by atoms with Crippen LogP contribution in [-0.2, 0) is 19.3 Å². The van der Waals surface area contributed by atoms with E-state index in [4.69, 9.17) is 0 Å². The van der Waals surface area contributed by atoms with E-state index in [-0.39, 0.29) is 11.7 Å². The second kappa shape index (κ2) is 11.8. The van der Waals surface area contributed by atoms with Crippen molar-refractivity contribution < 1.29 is 18.0 Å². The van der Waals surface area contributed by atoms with Gasteiger partial charge in [-0.15, -0.1) is 0 Å². The van der Waals surface area contributed by atoms with Crippen LogP contribution in [0.25, 0.3) is 0 Å². The maximum atomic E-state index is 13.5. The van der Waals surface area contributed by atoms with Crippen molar-refractivity contribution in [1.29, 1.82) is 0 Å². The Kier molecular flexibility index (Phi) is 8.54. The molecule has 0 saturated carbocycles. The number of carbonyl (C=O) groups is 1. The number of carbonyl (C=O) groups excluding carboxylic acids is 1. The fraction of sp³-hybridized carbons (Fsp3) is 0.367. The molecule has 1 heterocycles. The molecule has 4 nitrogen and oxygen atoms in total. The van der Waals surface area contributed by atoms with Crippen LogP contribution in [0.15, 0.2) is 84.9 Å². The molecule has 4 rings (SSSR count). The lowest BCUT2D eigenvalue weighted by Crippen LogP contribution is -2.45. The predicted octanol–water partition coefficient (Wildman–Crippen LogP) is 7.57. The molecule has 1 aliphatic heterocycles. The molecular formula is C30H34F3N3O. The molecule has 0 spiro atoms. The summed E-state index contributed by atoms with van der Waals surface area (Å²) >= 11 is 0. The minimum atomic E-state index is -4.47. The molecule has 0 aromatic heterocycles. The van der Waals surface area contributed by atoms with Gasteiger partial charge in [0.2, 0.25) is 0 Å². The number of alkyl halides is 3. The number of rotatable bonds is 8. The Morgan fingerprint density at radius 2 is 1.62 bits per heavy atom. The number of likely N-dealkylation sites (tertiary alicyclic amines) is 1. The molecule has 0 bridgehead atoms. The first-order valence-corrected chi connectivity index (χ1v) is 12.8. The van der Waals surface area contributed by atoms with E-state index in [1.54, 1.807) is 4.90 Å². The smallest absolute Gasteiger partial charge is 0.317 e. The highest BCUT2D eigenvalue weighted by Crippen LogP contribution is 2.32. The number of nitrogens with zero attached hydrogens (tertiary/aromatic N) is 2. The molecule has 7 heteroatoms. The van der Waals surface area contributed by atoms with Crippen molar-refractivity contribution in [2.24, 2.45) is 0 Å². The highest BCUT2D eigenvalue weighted by Gasteiger charge is 2.34. The van der Waals surface area contributed by atoms with E-state index in [1.165, 1.54) is 17.7 Å². The van der Waals surface area contributed by atoms with E-state index in [1.807, 2.05) is 55.5 Å². The van der Waals surface area contributed by atoms with Crippen molar-refractivity contribution in [2.45, 2.75) is 70.5 Å².